The van der Waals surface area contributed by atoms with Crippen molar-refractivity contribution < 1.29 is 19.0 Å². The first-order valence-corrected chi connectivity index (χ1v) is 13.1. The second-order valence-corrected chi connectivity index (χ2v) is 10.4. The number of hydrogen-bond acceptors (Lipinski definition) is 8. The van der Waals surface area contributed by atoms with Crippen molar-refractivity contribution in [1.82, 2.24) is 4.57 Å². The van der Waals surface area contributed by atoms with E-state index in [2.05, 4.69) is 4.99 Å². The van der Waals surface area contributed by atoms with Gasteiger partial charge in [0.1, 0.15) is 6.04 Å². The Labute approximate surface area is 215 Å². The number of carbonyl (C=O) groups is 1. The second-order valence-electron chi connectivity index (χ2n) is 8.02. The smallest absolute Gasteiger partial charge is 0.338 e. The molecule has 1 atom stereocenters. The van der Waals surface area contributed by atoms with Gasteiger partial charge in [-0.2, -0.15) is 0 Å². The van der Waals surface area contributed by atoms with Crippen LogP contribution < -0.4 is 24.4 Å². The lowest BCUT2D eigenvalue weighted by Gasteiger charge is -2.23. The number of benzene rings is 1. The van der Waals surface area contributed by atoms with E-state index in [4.69, 9.17) is 25.8 Å². The highest BCUT2D eigenvalue weighted by atomic mass is 35.5. The maximum Gasteiger partial charge on any atom is 0.338 e. The van der Waals surface area contributed by atoms with Gasteiger partial charge in [-0.1, -0.05) is 29.0 Å². The summed E-state index contributed by atoms with van der Waals surface area (Å²) < 4.78 is 18.6. The summed E-state index contributed by atoms with van der Waals surface area (Å²) in [5, 5.41) is 2.30. The normalized spacial score (nSPS) is 15.7. The lowest BCUT2D eigenvalue weighted by molar-refractivity contribution is -0.139. The summed E-state index contributed by atoms with van der Waals surface area (Å²) in [5.41, 5.74) is 1.34. The quantitative estimate of drug-likeness (QED) is 0.424. The summed E-state index contributed by atoms with van der Waals surface area (Å²) in [6, 6.07) is 6.69. The molecule has 1 aliphatic rings. The topological polar surface area (TPSA) is 79.1 Å². The molecule has 0 amide bonds. The largest absolute Gasteiger partial charge is 0.493 e. The number of hydrogen-bond donors (Lipinski definition) is 0. The van der Waals surface area contributed by atoms with E-state index >= 15 is 0 Å². The van der Waals surface area contributed by atoms with E-state index in [1.807, 2.05) is 31.4 Å². The van der Waals surface area contributed by atoms with Crippen LogP contribution in [-0.4, -0.2) is 30.4 Å². The zero-order valence-corrected chi connectivity index (χ0v) is 22.3. The Morgan fingerprint density at radius 3 is 2.74 bits per heavy atom. The van der Waals surface area contributed by atoms with Crippen molar-refractivity contribution in [3.05, 3.63) is 76.1 Å². The minimum atomic E-state index is -0.604. The van der Waals surface area contributed by atoms with Crippen LogP contribution in [-0.2, 0) is 9.53 Å². The van der Waals surface area contributed by atoms with Crippen molar-refractivity contribution in [2.24, 2.45) is 4.99 Å². The number of allylic oxidation sites excluding steroid dienone is 1. The van der Waals surface area contributed by atoms with E-state index < -0.39 is 12.0 Å². The Morgan fingerprint density at radius 2 is 2.11 bits per heavy atom. The molecule has 1 aliphatic heterocycles. The van der Waals surface area contributed by atoms with Gasteiger partial charge in [0.15, 0.2) is 16.3 Å². The van der Waals surface area contributed by atoms with E-state index in [0.29, 0.717) is 42.7 Å². The summed E-state index contributed by atoms with van der Waals surface area (Å²) in [5.74, 6) is 0.455. The number of nitrogens with zero attached hydrogens (tertiary/aromatic N) is 2. The number of fused-ring (bicyclic) bond motifs is 1. The number of ether oxygens (including phenoxy) is 3. The third-order valence-electron chi connectivity index (χ3n) is 5.23. The predicted octanol–water partition coefficient (Wildman–Crippen LogP) is 4.31. The summed E-state index contributed by atoms with van der Waals surface area (Å²) in [6.45, 7) is 7.56. The molecule has 0 radical (unpaired) electrons. The van der Waals surface area contributed by atoms with Gasteiger partial charge < -0.3 is 14.2 Å². The van der Waals surface area contributed by atoms with Crippen molar-refractivity contribution in [3.8, 4) is 11.5 Å². The van der Waals surface area contributed by atoms with Gasteiger partial charge in [0, 0.05) is 4.88 Å². The molecule has 0 aliphatic carbocycles. The Bertz CT molecular complexity index is 1470. The zero-order chi connectivity index (χ0) is 25.3. The molecule has 10 heteroatoms. The number of rotatable bonds is 7. The third kappa shape index (κ3) is 4.94. The molecule has 2 aromatic heterocycles. The average Bonchev–Trinajstić information content (AvgIpc) is 3.43. The fourth-order valence-electron chi connectivity index (χ4n) is 3.83. The Hall–Kier alpha value is -2.88. The minimum absolute atomic E-state index is 0.0787. The van der Waals surface area contributed by atoms with Gasteiger partial charge in [-0.3, -0.25) is 9.36 Å². The van der Waals surface area contributed by atoms with Crippen LogP contribution in [0.2, 0.25) is 5.02 Å². The first kappa shape index (κ1) is 25.2. The summed E-state index contributed by atoms with van der Waals surface area (Å²) in [7, 11) is 1.54. The van der Waals surface area contributed by atoms with Crippen LogP contribution in [0.15, 0.2) is 50.7 Å². The van der Waals surface area contributed by atoms with Gasteiger partial charge in [0.2, 0.25) is 0 Å². The number of methoxy groups -OCH3 is 1. The molecule has 0 fully saturated rings. The molecule has 0 N–H and O–H groups in total. The first-order chi connectivity index (χ1) is 16.7. The molecule has 3 heterocycles. The number of halogens is 1. The van der Waals surface area contributed by atoms with Gasteiger partial charge in [-0.05, 0) is 62.9 Å². The molecule has 0 bridgehead atoms. The fraction of sp³-hybridized carbons (Fsp3) is 0.320. The van der Waals surface area contributed by atoms with Gasteiger partial charge in [-0.25, -0.2) is 9.79 Å². The lowest BCUT2D eigenvalue weighted by Crippen LogP contribution is -2.39. The van der Waals surface area contributed by atoms with E-state index in [-0.39, 0.29) is 18.3 Å². The molecule has 0 unspecified atom stereocenters. The maximum absolute atomic E-state index is 13.6. The van der Waals surface area contributed by atoms with E-state index in [1.54, 1.807) is 36.6 Å². The van der Waals surface area contributed by atoms with Crippen LogP contribution in [0.5, 0.6) is 11.5 Å². The molecule has 0 saturated heterocycles. The van der Waals surface area contributed by atoms with Gasteiger partial charge in [-0.15, -0.1) is 11.3 Å². The van der Waals surface area contributed by atoms with Gasteiger partial charge >= 0.3 is 5.97 Å². The fourth-order valence-corrected chi connectivity index (χ4v) is 5.97. The molecule has 7 nitrogen and oxygen atoms in total. The Balaban J connectivity index is 1.88. The molecular formula is C25H25ClN2O5S2. The molecule has 0 spiro atoms. The van der Waals surface area contributed by atoms with Crippen LogP contribution in [0.3, 0.4) is 0 Å². The molecule has 0 saturated carbocycles. The predicted molar refractivity (Wildman–Crippen MR) is 138 cm³/mol. The van der Waals surface area contributed by atoms with Crippen LogP contribution in [0.25, 0.3) is 6.08 Å². The van der Waals surface area contributed by atoms with Crippen molar-refractivity contribution in [3.63, 3.8) is 0 Å². The SMILES string of the molecule is CCOC(=O)C1=C(C)N=c2s/c(=C\c3cc(Cl)c(OC(C)C)c(OC)c3)c(=O)n2[C@H]1c1cccs1. The van der Waals surface area contributed by atoms with Crippen molar-refractivity contribution >= 4 is 46.3 Å². The maximum atomic E-state index is 13.6. The van der Waals surface area contributed by atoms with Crippen LogP contribution in [0, 0.1) is 0 Å². The standard InChI is InChI=1S/C25H25ClN2O5S2/c1-6-32-24(30)20-14(4)27-25-28(21(20)18-8-7-9-34-18)23(29)19(35-25)12-15-10-16(26)22(33-13(2)3)17(11-15)31-5/h7-13,21H,6H2,1-5H3/b19-12-/t21-/m0/s1. The van der Waals surface area contributed by atoms with Crippen LogP contribution >= 0.6 is 34.3 Å². The molecule has 4 rings (SSSR count). The van der Waals surface area contributed by atoms with Crippen molar-refractivity contribution in [1.29, 1.82) is 0 Å². The van der Waals surface area contributed by atoms with Crippen LogP contribution in [0.1, 0.15) is 44.2 Å². The van der Waals surface area contributed by atoms with E-state index in [1.165, 1.54) is 29.8 Å². The molecule has 35 heavy (non-hydrogen) atoms. The minimum Gasteiger partial charge on any atom is -0.493 e. The highest BCUT2D eigenvalue weighted by molar-refractivity contribution is 7.10. The average molecular weight is 533 g/mol. The number of esters is 1. The number of thiophene rings is 1. The highest BCUT2D eigenvalue weighted by Gasteiger charge is 2.33. The third-order valence-corrected chi connectivity index (χ3v) is 7.42. The number of carbonyl (C=O) groups excluding carboxylic acids is 1. The summed E-state index contributed by atoms with van der Waals surface area (Å²) in [6.07, 6.45) is 1.66. The molecule has 184 valence electrons. The van der Waals surface area contributed by atoms with Crippen molar-refractivity contribution in [2.75, 3.05) is 13.7 Å². The summed E-state index contributed by atoms with van der Waals surface area (Å²) >= 11 is 9.20. The Kier molecular flexibility index (Phi) is 7.49. The molecule has 3 aromatic rings. The number of thiazole rings is 1. The highest BCUT2D eigenvalue weighted by Crippen LogP contribution is 2.37. The lowest BCUT2D eigenvalue weighted by atomic mass is 10.0. The van der Waals surface area contributed by atoms with Crippen molar-refractivity contribution in [2.45, 2.75) is 39.8 Å². The van der Waals surface area contributed by atoms with Gasteiger partial charge in [0.05, 0.1) is 40.6 Å². The zero-order valence-electron chi connectivity index (χ0n) is 20.0. The van der Waals surface area contributed by atoms with E-state index in [9.17, 15) is 9.59 Å². The molecular weight excluding hydrogens is 508 g/mol. The second kappa shape index (κ2) is 10.4. The number of aromatic nitrogens is 1. The Morgan fingerprint density at radius 1 is 1.34 bits per heavy atom. The van der Waals surface area contributed by atoms with Gasteiger partial charge in [0.25, 0.3) is 5.56 Å². The monoisotopic (exact) mass is 532 g/mol. The summed E-state index contributed by atoms with van der Waals surface area (Å²) in [4.78, 5) is 32.4. The van der Waals surface area contributed by atoms with Crippen LogP contribution in [0.4, 0.5) is 0 Å². The molecule has 1 aromatic carbocycles. The first-order valence-electron chi connectivity index (χ1n) is 11.0. The van der Waals surface area contributed by atoms with E-state index in [0.717, 1.165) is 4.88 Å².